The van der Waals surface area contributed by atoms with Crippen LogP contribution in [-0.2, 0) is 23.6 Å². The zero-order valence-electron chi connectivity index (χ0n) is 18.9. The molecular weight excluding hydrogens is 460 g/mol. The highest BCUT2D eigenvalue weighted by molar-refractivity contribution is 7.89. The van der Waals surface area contributed by atoms with Crippen LogP contribution in [0.2, 0.25) is 0 Å². The molecule has 3 aromatic rings. The molecule has 3 heterocycles. The van der Waals surface area contributed by atoms with E-state index in [0.717, 1.165) is 23.3 Å². The van der Waals surface area contributed by atoms with Gasteiger partial charge in [0.15, 0.2) is 5.69 Å². The summed E-state index contributed by atoms with van der Waals surface area (Å²) in [5.74, 6) is -0.819. The molecule has 0 aliphatic carbocycles. The van der Waals surface area contributed by atoms with Gasteiger partial charge in [0.25, 0.3) is 11.5 Å². The van der Waals surface area contributed by atoms with Gasteiger partial charge >= 0.3 is 5.69 Å². The monoisotopic (exact) mass is 486 g/mol. The van der Waals surface area contributed by atoms with E-state index in [1.54, 1.807) is 19.2 Å². The average Bonchev–Trinajstić information content (AvgIpc) is 3.47. The number of carbonyl (C=O) groups is 1. The van der Waals surface area contributed by atoms with Gasteiger partial charge in [-0.15, -0.1) is 0 Å². The Bertz CT molecular complexity index is 1450. The summed E-state index contributed by atoms with van der Waals surface area (Å²) in [6, 6.07) is 10.3. The van der Waals surface area contributed by atoms with Gasteiger partial charge in [0, 0.05) is 33.4 Å². The first kappa shape index (κ1) is 23.5. The lowest BCUT2D eigenvalue weighted by molar-refractivity contribution is 0.0985. The molecule has 0 saturated carbocycles. The van der Waals surface area contributed by atoms with Crippen molar-refractivity contribution >= 4 is 27.4 Å². The first-order chi connectivity index (χ1) is 16.1. The number of nitrogens with zero attached hydrogens (tertiary/aromatic N) is 4. The molecule has 0 atom stereocenters. The number of carbonyl (C=O) groups excluding carboxylic acids is 1. The molecule has 12 heteroatoms. The Balaban J connectivity index is 1.70. The summed E-state index contributed by atoms with van der Waals surface area (Å²) >= 11 is 0. The number of aromatic amines is 1. The van der Waals surface area contributed by atoms with E-state index in [1.165, 1.54) is 32.8 Å². The highest BCUT2D eigenvalue weighted by Gasteiger charge is 2.31. The topological polar surface area (TPSA) is 143 Å². The lowest BCUT2D eigenvalue weighted by Crippen LogP contribution is -2.39. The summed E-state index contributed by atoms with van der Waals surface area (Å²) in [4.78, 5) is 41.6. The minimum Gasteiger partial charge on any atom is -0.383 e. The third-order valence-electron chi connectivity index (χ3n) is 5.94. The highest BCUT2D eigenvalue weighted by atomic mass is 32.2. The number of hydrogen-bond acceptors (Lipinski definition) is 6. The van der Waals surface area contributed by atoms with Crippen molar-refractivity contribution in [3.8, 4) is 0 Å². The fraction of sp³-hybridized carbons (Fsp3) is 0.318. The van der Waals surface area contributed by atoms with Crippen LogP contribution in [-0.4, -0.2) is 52.9 Å². The normalized spacial score (nSPS) is 14.4. The van der Waals surface area contributed by atoms with Gasteiger partial charge in [-0.25, -0.2) is 13.2 Å². The number of nitrogen functional groups attached to an aromatic ring is 1. The summed E-state index contributed by atoms with van der Waals surface area (Å²) in [5.41, 5.74) is 5.30. The number of rotatable bonds is 6. The molecule has 0 bridgehead atoms. The van der Waals surface area contributed by atoms with Gasteiger partial charge in [-0.2, -0.15) is 4.31 Å². The minimum absolute atomic E-state index is 0.00424. The van der Waals surface area contributed by atoms with Gasteiger partial charge in [-0.05, 0) is 24.5 Å². The lowest BCUT2D eigenvalue weighted by atomic mass is 10.2. The van der Waals surface area contributed by atoms with Gasteiger partial charge in [0.05, 0.1) is 6.54 Å². The summed E-state index contributed by atoms with van der Waals surface area (Å²) in [6.45, 7) is 0.976. The third kappa shape index (κ3) is 4.17. The number of benzene rings is 1. The summed E-state index contributed by atoms with van der Waals surface area (Å²) in [6.07, 6.45) is 2.96. The summed E-state index contributed by atoms with van der Waals surface area (Å²) in [7, 11) is -0.825. The van der Waals surface area contributed by atoms with E-state index in [-0.39, 0.29) is 28.6 Å². The van der Waals surface area contributed by atoms with Gasteiger partial charge in [0.2, 0.25) is 10.0 Å². The standard InChI is InChI=1S/C22H26N6O5S/c1-25-14-16(34(32,33)27-10-6-7-11-27)12-17(25)21(30)26(2)18-19(23)28(22(31)24-20(18)29)13-15-8-4-3-5-9-15/h3-5,8-9,12,14H,6-7,10-11,13,23H2,1-2H3,(H,24,29,31). The Morgan fingerprint density at radius 2 is 1.79 bits per heavy atom. The number of hydrogen-bond donors (Lipinski definition) is 2. The number of amides is 1. The second-order valence-electron chi connectivity index (χ2n) is 8.21. The quantitative estimate of drug-likeness (QED) is 0.521. The van der Waals surface area contributed by atoms with Crippen LogP contribution in [0.25, 0.3) is 0 Å². The van der Waals surface area contributed by atoms with E-state index in [2.05, 4.69) is 4.98 Å². The van der Waals surface area contributed by atoms with Crippen LogP contribution in [0.15, 0.2) is 57.1 Å². The fourth-order valence-corrected chi connectivity index (χ4v) is 5.65. The van der Waals surface area contributed by atoms with E-state index in [0.29, 0.717) is 13.1 Å². The SMILES string of the molecule is CN(C(=O)c1cc(S(=O)(=O)N2CCCC2)cn1C)c1c(N)n(Cc2ccccc2)c(=O)[nH]c1=O. The smallest absolute Gasteiger partial charge is 0.330 e. The zero-order chi connectivity index (χ0) is 24.6. The molecule has 2 aromatic heterocycles. The maximum atomic E-state index is 13.3. The molecule has 1 aromatic carbocycles. The molecule has 3 N–H and O–H groups in total. The van der Waals surface area contributed by atoms with E-state index in [9.17, 15) is 22.8 Å². The number of nitrogens with one attached hydrogen (secondary N) is 1. The molecule has 1 saturated heterocycles. The molecule has 180 valence electrons. The molecule has 1 aliphatic rings. The van der Waals surface area contributed by atoms with Crippen LogP contribution in [0.1, 0.15) is 28.9 Å². The Labute approximate surface area is 196 Å². The van der Waals surface area contributed by atoms with Crippen LogP contribution in [0.3, 0.4) is 0 Å². The van der Waals surface area contributed by atoms with Crippen LogP contribution in [0, 0.1) is 0 Å². The predicted molar refractivity (Wildman–Crippen MR) is 127 cm³/mol. The van der Waals surface area contributed by atoms with Crippen LogP contribution in [0.5, 0.6) is 0 Å². The van der Waals surface area contributed by atoms with E-state index >= 15 is 0 Å². The van der Waals surface area contributed by atoms with Gasteiger partial charge in [-0.1, -0.05) is 30.3 Å². The first-order valence-corrected chi connectivity index (χ1v) is 12.2. The maximum Gasteiger partial charge on any atom is 0.330 e. The van der Waals surface area contributed by atoms with Crippen molar-refractivity contribution in [2.75, 3.05) is 30.8 Å². The Morgan fingerprint density at radius 1 is 1.15 bits per heavy atom. The molecule has 1 fully saturated rings. The third-order valence-corrected chi connectivity index (χ3v) is 7.80. The first-order valence-electron chi connectivity index (χ1n) is 10.7. The number of aryl methyl sites for hydroxylation is 1. The molecule has 0 spiro atoms. The molecule has 0 radical (unpaired) electrons. The predicted octanol–water partition coefficient (Wildman–Crippen LogP) is 0.567. The van der Waals surface area contributed by atoms with Crippen LogP contribution < -0.4 is 21.9 Å². The molecule has 11 nitrogen and oxygen atoms in total. The van der Waals surface area contributed by atoms with Crippen molar-refractivity contribution in [2.24, 2.45) is 7.05 Å². The number of H-pyrrole nitrogens is 1. The van der Waals surface area contributed by atoms with Crippen molar-refractivity contribution < 1.29 is 13.2 Å². The summed E-state index contributed by atoms with van der Waals surface area (Å²) < 4.78 is 29.8. The molecular formula is C22H26N6O5S. The number of anilines is 2. The van der Waals surface area contributed by atoms with Gasteiger partial charge in [0.1, 0.15) is 16.4 Å². The Hall–Kier alpha value is -3.64. The fourth-order valence-electron chi connectivity index (χ4n) is 4.06. The zero-order valence-corrected chi connectivity index (χ0v) is 19.7. The lowest BCUT2D eigenvalue weighted by Gasteiger charge is -2.20. The van der Waals surface area contributed by atoms with E-state index < -0.39 is 27.2 Å². The maximum absolute atomic E-state index is 13.3. The Morgan fingerprint density at radius 3 is 2.44 bits per heavy atom. The minimum atomic E-state index is -3.72. The van der Waals surface area contributed by atoms with Gasteiger partial charge in [-0.3, -0.25) is 19.1 Å². The molecule has 1 aliphatic heterocycles. The molecule has 4 rings (SSSR count). The second kappa shape index (κ2) is 8.95. The molecule has 0 unspecified atom stereocenters. The highest BCUT2D eigenvalue weighted by Crippen LogP contribution is 2.24. The number of sulfonamides is 1. The largest absolute Gasteiger partial charge is 0.383 e. The van der Waals surface area contributed by atoms with Crippen LogP contribution >= 0.6 is 0 Å². The second-order valence-corrected chi connectivity index (χ2v) is 10.2. The molecule has 34 heavy (non-hydrogen) atoms. The van der Waals surface area contributed by atoms with Crippen molar-refractivity contribution in [1.29, 1.82) is 0 Å². The van der Waals surface area contributed by atoms with Crippen molar-refractivity contribution in [3.63, 3.8) is 0 Å². The average molecular weight is 487 g/mol. The summed E-state index contributed by atoms with van der Waals surface area (Å²) in [5, 5.41) is 0. The van der Waals surface area contributed by atoms with Gasteiger partial charge < -0.3 is 15.2 Å². The number of aromatic nitrogens is 3. The van der Waals surface area contributed by atoms with Crippen molar-refractivity contribution in [1.82, 2.24) is 18.4 Å². The van der Waals surface area contributed by atoms with E-state index in [1.807, 2.05) is 18.2 Å². The van der Waals surface area contributed by atoms with E-state index in [4.69, 9.17) is 5.73 Å². The molecule has 1 amide bonds. The van der Waals surface area contributed by atoms with Crippen molar-refractivity contribution in [2.45, 2.75) is 24.3 Å². The Kier molecular flexibility index (Phi) is 6.19. The van der Waals surface area contributed by atoms with Crippen LogP contribution in [0.4, 0.5) is 11.5 Å². The van der Waals surface area contributed by atoms with Crippen molar-refractivity contribution in [3.05, 3.63) is 74.7 Å². The number of nitrogens with two attached hydrogens (primary N) is 1.